The summed E-state index contributed by atoms with van der Waals surface area (Å²) in [7, 11) is 0. The number of nitrogens with zero attached hydrogens (tertiary/aromatic N) is 2. The van der Waals surface area contributed by atoms with Crippen molar-refractivity contribution in [1.29, 1.82) is 0 Å². The third-order valence-electron chi connectivity index (χ3n) is 5.81. The Kier molecular flexibility index (Phi) is 4.75. The van der Waals surface area contributed by atoms with Gasteiger partial charge in [-0.2, -0.15) is 4.99 Å². The van der Waals surface area contributed by atoms with Crippen molar-refractivity contribution in [1.82, 2.24) is 4.90 Å². The van der Waals surface area contributed by atoms with Crippen LogP contribution in [0.2, 0.25) is 0 Å². The van der Waals surface area contributed by atoms with Crippen molar-refractivity contribution in [3.63, 3.8) is 0 Å². The van der Waals surface area contributed by atoms with E-state index in [0.29, 0.717) is 6.54 Å². The second-order valence-electron chi connectivity index (χ2n) is 7.57. The zero-order chi connectivity index (χ0) is 19.7. The van der Waals surface area contributed by atoms with E-state index in [1.54, 1.807) is 4.90 Å². The molecule has 0 unspecified atom stereocenters. The monoisotopic (exact) mass is 376 g/mol. The van der Waals surface area contributed by atoms with Gasteiger partial charge >= 0.3 is 12.0 Å². The highest BCUT2D eigenvalue weighted by molar-refractivity contribution is 6.11. The van der Waals surface area contributed by atoms with Crippen LogP contribution in [0.15, 0.2) is 53.5 Å². The second-order valence-corrected chi connectivity index (χ2v) is 7.57. The third-order valence-corrected chi connectivity index (χ3v) is 5.81. The summed E-state index contributed by atoms with van der Waals surface area (Å²) in [6.45, 7) is 2.65. The van der Waals surface area contributed by atoms with Crippen LogP contribution in [-0.4, -0.2) is 34.4 Å². The molecule has 5 nitrogen and oxygen atoms in total. The Hall–Kier alpha value is -2.95. The van der Waals surface area contributed by atoms with E-state index >= 15 is 0 Å². The molecule has 1 aliphatic heterocycles. The fraction of sp³-hybridized carbons (Fsp3) is 0.348. The van der Waals surface area contributed by atoms with Crippen LogP contribution in [0.25, 0.3) is 11.1 Å². The molecule has 2 amide bonds. The van der Waals surface area contributed by atoms with Gasteiger partial charge < -0.3 is 5.11 Å². The summed E-state index contributed by atoms with van der Waals surface area (Å²) in [5.41, 5.74) is 3.73. The van der Waals surface area contributed by atoms with Gasteiger partial charge in [0.2, 0.25) is 0 Å². The number of urea groups is 1. The first kappa shape index (κ1) is 18.4. The largest absolute Gasteiger partial charge is 0.481 e. The minimum atomic E-state index is -0.721. The molecular formula is C23H24N2O3. The van der Waals surface area contributed by atoms with Gasteiger partial charge in [0.15, 0.2) is 0 Å². The maximum atomic E-state index is 11.5. The van der Waals surface area contributed by atoms with Crippen LogP contribution in [0.1, 0.15) is 43.7 Å². The third kappa shape index (κ3) is 3.33. The van der Waals surface area contributed by atoms with E-state index in [0.717, 1.165) is 54.6 Å². The van der Waals surface area contributed by atoms with Crippen LogP contribution >= 0.6 is 0 Å². The number of carbonyl (C=O) groups is 2. The smallest absolute Gasteiger partial charge is 0.350 e. The number of carboxylic acid groups (broad SMARTS) is 1. The van der Waals surface area contributed by atoms with E-state index in [2.05, 4.69) is 29.3 Å². The van der Waals surface area contributed by atoms with E-state index in [4.69, 9.17) is 0 Å². The molecule has 144 valence electrons. The molecule has 2 aliphatic rings. The van der Waals surface area contributed by atoms with Crippen molar-refractivity contribution in [2.75, 3.05) is 6.54 Å². The Morgan fingerprint density at radius 3 is 2.46 bits per heavy atom. The number of hydrogen-bond acceptors (Lipinski definition) is 2. The predicted molar refractivity (Wildman–Crippen MR) is 109 cm³/mol. The first-order chi connectivity index (χ1) is 13.5. The molecule has 0 aromatic heterocycles. The van der Waals surface area contributed by atoms with Crippen LogP contribution < -0.4 is 0 Å². The Morgan fingerprint density at radius 1 is 1.11 bits per heavy atom. The van der Waals surface area contributed by atoms with Crippen LogP contribution in [0, 0.1) is 0 Å². The number of rotatable bonds is 8. The fourth-order valence-electron chi connectivity index (χ4n) is 3.90. The van der Waals surface area contributed by atoms with Gasteiger partial charge in [-0.1, -0.05) is 48.5 Å². The van der Waals surface area contributed by atoms with Gasteiger partial charge in [-0.05, 0) is 54.9 Å². The summed E-state index contributed by atoms with van der Waals surface area (Å²) in [6.07, 6.45) is 4.15. The maximum Gasteiger partial charge on any atom is 0.350 e. The summed E-state index contributed by atoms with van der Waals surface area (Å²) in [5.74, 6) is 0.174. The van der Waals surface area contributed by atoms with Crippen molar-refractivity contribution in [2.24, 2.45) is 4.99 Å². The summed E-state index contributed by atoms with van der Waals surface area (Å²) >= 11 is 0. The van der Waals surface area contributed by atoms with Gasteiger partial charge in [0, 0.05) is 13.0 Å². The molecule has 1 saturated carbocycles. The van der Waals surface area contributed by atoms with Gasteiger partial charge in [0.25, 0.3) is 0 Å². The summed E-state index contributed by atoms with van der Waals surface area (Å²) in [4.78, 5) is 28.5. The number of amidine groups is 1. The Labute approximate surface area is 164 Å². The molecule has 0 bridgehead atoms. The van der Waals surface area contributed by atoms with Crippen LogP contribution in [0.3, 0.4) is 0 Å². The molecule has 2 aromatic rings. The molecule has 1 fully saturated rings. The van der Waals surface area contributed by atoms with Gasteiger partial charge in [-0.25, -0.2) is 4.79 Å². The molecule has 0 radical (unpaired) electrons. The Balaban J connectivity index is 1.40. The van der Waals surface area contributed by atoms with Crippen molar-refractivity contribution in [3.05, 3.63) is 59.7 Å². The average molecular weight is 376 g/mol. The molecule has 0 atom stereocenters. The van der Waals surface area contributed by atoms with Crippen LogP contribution in [0.5, 0.6) is 0 Å². The zero-order valence-corrected chi connectivity index (χ0v) is 16.0. The van der Waals surface area contributed by atoms with E-state index in [1.165, 1.54) is 5.56 Å². The normalized spacial score (nSPS) is 17.1. The molecule has 0 spiro atoms. The molecule has 1 heterocycles. The molecule has 5 heteroatoms. The fourth-order valence-corrected chi connectivity index (χ4v) is 3.90. The lowest BCUT2D eigenvalue weighted by molar-refractivity contribution is -0.140. The summed E-state index contributed by atoms with van der Waals surface area (Å²) < 4.78 is 0. The minimum absolute atomic E-state index is 0.126. The highest BCUT2D eigenvalue weighted by Crippen LogP contribution is 2.48. The van der Waals surface area contributed by atoms with Gasteiger partial charge in [0.1, 0.15) is 5.84 Å². The first-order valence-corrected chi connectivity index (χ1v) is 9.86. The summed E-state index contributed by atoms with van der Waals surface area (Å²) in [6, 6.07) is 16.3. The number of hydrogen-bond donors (Lipinski definition) is 1. The van der Waals surface area contributed by atoms with E-state index in [9.17, 15) is 14.7 Å². The lowest BCUT2D eigenvalue weighted by Gasteiger charge is -2.27. The molecule has 1 aliphatic carbocycles. The van der Waals surface area contributed by atoms with Crippen LogP contribution in [-0.2, 0) is 16.6 Å². The number of amides is 2. The predicted octanol–water partition coefficient (Wildman–Crippen LogP) is 4.65. The number of benzene rings is 2. The quantitative estimate of drug-likeness (QED) is 0.729. The molecule has 1 N–H and O–H groups in total. The molecule has 0 saturated heterocycles. The van der Waals surface area contributed by atoms with Crippen molar-refractivity contribution < 1.29 is 14.7 Å². The number of carboxylic acids is 1. The van der Waals surface area contributed by atoms with Gasteiger partial charge in [0.05, 0.1) is 5.41 Å². The van der Waals surface area contributed by atoms with E-state index in [-0.39, 0.29) is 6.03 Å². The van der Waals surface area contributed by atoms with Crippen molar-refractivity contribution in [2.45, 2.75) is 44.4 Å². The Morgan fingerprint density at radius 2 is 1.86 bits per heavy atom. The van der Waals surface area contributed by atoms with E-state index in [1.807, 2.05) is 31.2 Å². The van der Waals surface area contributed by atoms with Crippen molar-refractivity contribution in [3.8, 4) is 11.1 Å². The standard InChI is InChI=1S/C23H24N2O3/c1-2-25-20(24-22(25)28)8-4-6-16-5-3-7-18(15-16)17-9-11-19(12-10-17)23(13-14-23)21(26)27/h3,5,7,9-12,15H,2,4,6,8,13-14H2,1H3,(H,26,27). The zero-order valence-electron chi connectivity index (χ0n) is 16.0. The molecule has 4 rings (SSSR count). The van der Waals surface area contributed by atoms with Crippen molar-refractivity contribution >= 4 is 17.8 Å². The number of carbonyl (C=O) groups excluding carboxylic acids is 1. The molecule has 28 heavy (non-hydrogen) atoms. The highest BCUT2D eigenvalue weighted by Gasteiger charge is 2.51. The van der Waals surface area contributed by atoms with Gasteiger partial charge in [-0.15, -0.1) is 0 Å². The topological polar surface area (TPSA) is 70.0 Å². The SMILES string of the molecule is CCN1C(=O)N=C1CCCc1cccc(-c2ccc(C3(C(=O)O)CC3)cc2)c1. The lowest BCUT2D eigenvalue weighted by atomic mass is 9.93. The van der Waals surface area contributed by atoms with Crippen LogP contribution in [0.4, 0.5) is 4.79 Å². The Bertz CT molecular complexity index is 943. The number of aryl methyl sites for hydroxylation is 1. The van der Waals surface area contributed by atoms with Gasteiger partial charge in [-0.3, -0.25) is 9.69 Å². The first-order valence-electron chi connectivity index (χ1n) is 9.86. The second kappa shape index (κ2) is 7.23. The summed E-state index contributed by atoms with van der Waals surface area (Å²) in [5, 5.41) is 9.44. The number of aliphatic imine (C=N–C) groups is 1. The highest BCUT2D eigenvalue weighted by atomic mass is 16.4. The number of aliphatic carboxylic acids is 1. The minimum Gasteiger partial charge on any atom is -0.481 e. The molecule has 2 aromatic carbocycles. The maximum absolute atomic E-state index is 11.5. The lowest BCUT2D eigenvalue weighted by Crippen LogP contribution is -2.43. The van der Waals surface area contributed by atoms with E-state index < -0.39 is 11.4 Å². The average Bonchev–Trinajstić information content (AvgIpc) is 3.50. The molecular weight excluding hydrogens is 352 g/mol.